The summed E-state index contributed by atoms with van der Waals surface area (Å²) >= 11 is 0. The van der Waals surface area contributed by atoms with Crippen LogP contribution in [0.2, 0.25) is 0 Å². The number of ether oxygens (including phenoxy) is 1. The van der Waals surface area contributed by atoms with E-state index >= 15 is 0 Å². The van der Waals surface area contributed by atoms with Crippen molar-refractivity contribution in [2.45, 2.75) is 32.8 Å². The molecule has 0 saturated carbocycles. The van der Waals surface area contributed by atoms with Crippen LogP contribution in [0.4, 0.5) is 0 Å². The topological polar surface area (TPSA) is 82.3 Å². The van der Waals surface area contributed by atoms with E-state index in [4.69, 9.17) is 19.1 Å². The van der Waals surface area contributed by atoms with Crippen molar-refractivity contribution < 1.29 is 13.9 Å². The van der Waals surface area contributed by atoms with E-state index in [1.54, 1.807) is 6.07 Å². The fourth-order valence-corrected chi connectivity index (χ4v) is 5.25. The number of Topliss-reactive ketones (excluding diaryl/α,β-unsaturated/α-hetero) is 1. The molecule has 6 heteroatoms. The minimum absolute atomic E-state index is 0.00561. The standard InChI is InChI=1S/C28H20N2O4/c1-13-4-8-23-17(9-13)25(31)19-11-15-5-6-21-16(24(15)30-28(19)34-23)12-20-26(32)18-10-14(2)3-7-22(18)33-27(20)29-21/h3-4,7-12,18,22H,5-6H2,1-2H3. The molecule has 6 nitrogen and oxygen atoms in total. The number of benzene rings is 1. The van der Waals surface area contributed by atoms with Crippen LogP contribution in [-0.4, -0.2) is 21.9 Å². The van der Waals surface area contributed by atoms with E-state index in [1.807, 2.05) is 56.3 Å². The van der Waals surface area contributed by atoms with Gasteiger partial charge in [-0.05, 0) is 62.6 Å². The number of carbonyl (C=O) groups is 1. The Kier molecular flexibility index (Phi) is 3.84. The fourth-order valence-electron chi connectivity index (χ4n) is 5.25. The maximum atomic E-state index is 13.3. The summed E-state index contributed by atoms with van der Waals surface area (Å²) in [5, 5.41) is 1.03. The zero-order chi connectivity index (χ0) is 23.1. The molecule has 0 amide bonds. The highest BCUT2D eigenvalue weighted by Crippen LogP contribution is 2.40. The SMILES string of the molecule is CC1=CC2C(=O)c3cc4c(nc3OC2C=C1)CCc1cc2c(=O)c3cc(C)ccc3oc2nc1-4. The quantitative estimate of drug-likeness (QED) is 0.357. The summed E-state index contributed by atoms with van der Waals surface area (Å²) in [6.07, 6.45) is 6.92. The van der Waals surface area contributed by atoms with E-state index in [2.05, 4.69) is 0 Å². The van der Waals surface area contributed by atoms with Crippen molar-refractivity contribution in [1.82, 2.24) is 9.97 Å². The smallest absolute Gasteiger partial charge is 0.231 e. The van der Waals surface area contributed by atoms with Crippen LogP contribution in [0.15, 0.2) is 63.3 Å². The van der Waals surface area contributed by atoms with Gasteiger partial charge in [0.1, 0.15) is 11.7 Å². The van der Waals surface area contributed by atoms with Gasteiger partial charge in [0.25, 0.3) is 0 Å². The molecule has 2 aliphatic carbocycles. The summed E-state index contributed by atoms with van der Waals surface area (Å²) < 4.78 is 12.1. The van der Waals surface area contributed by atoms with Gasteiger partial charge in [-0.3, -0.25) is 9.59 Å². The van der Waals surface area contributed by atoms with E-state index in [-0.39, 0.29) is 23.2 Å². The van der Waals surface area contributed by atoms with Gasteiger partial charge in [0, 0.05) is 5.56 Å². The van der Waals surface area contributed by atoms with Crippen LogP contribution in [-0.2, 0) is 12.8 Å². The zero-order valence-corrected chi connectivity index (χ0v) is 18.7. The van der Waals surface area contributed by atoms with Gasteiger partial charge >= 0.3 is 0 Å². The number of rotatable bonds is 0. The van der Waals surface area contributed by atoms with E-state index in [9.17, 15) is 9.59 Å². The summed E-state index contributed by atoms with van der Waals surface area (Å²) in [6, 6.07) is 9.31. The number of allylic oxidation sites excluding steroid dienone is 2. The summed E-state index contributed by atoms with van der Waals surface area (Å²) in [4.78, 5) is 36.0. The molecule has 2 unspecified atom stereocenters. The molecule has 1 aromatic carbocycles. The Bertz CT molecular complexity index is 1710. The van der Waals surface area contributed by atoms with Gasteiger partial charge in [0.2, 0.25) is 17.0 Å². The Morgan fingerprint density at radius 3 is 2.74 bits per heavy atom. The molecule has 34 heavy (non-hydrogen) atoms. The molecule has 4 aromatic rings. The third kappa shape index (κ3) is 2.68. The molecule has 2 atom stereocenters. The molecule has 166 valence electrons. The number of hydrogen-bond acceptors (Lipinski definition) is 6. The number of aromatic nitrogens is 2. The van der Waals surface area contributed by atoms with Crippen LogP contribution in [0, 0.1) is 12.8 Å². The summed E-state index contributed by atoms with van der Waals surface area (Å²) in [7, 11) is 0. The van der Waals surface area contributed by atoms with E-state index < -0.39 is 0 Å². The first-order chi connectivity index (χ1) is 16.5. The Morgan fingerprint density at radius 1 is 0.971 bits per heavy atom. The average molecular weight is 448 g/mol. The Labute approximate surface area is 194 Å². The van der Waals surface area contributed by atoms with E-state index in [1.165, 1.54) is 0 Å². The third-order valence-corrected chi connectivity index (χ3v) is 7.01. The molecule has 0 fully saturated rings. The molecule has 7 rings (SSSR count). The van der Waals surface area contributed by atoms with Gasteiger partial charge in [-0.15, -0.1) is 0 Å². The van der Waals surface area contributed by atoms with Crippen molar-refractivity contribution in [1.29, 1.82) is 0 Å². The summed E-state index contributed by atoms with van der Waals surface area (Å²) in [5.41, 5.74) is 6.57. The normalized spacial score (nSPS) is 20.3. The van der Waals surface area contributed by atoms with Crippen molar-refractivity contribution >= 4 is 27.9 Å². The van der Waals surface area contributed by atoms with Gasteiger partial charge < -0.3 is 9.15 Å². The number of aryl methyl sites for hydroxylation is 3. The van der Waals surface area contributed by atoms with Gasteiger partial charge in [0.15, 0.2) is 5.78 Å². The molecule has 1 aliphatic heterocycles. The average Bonchev–Trinajstić information content (AvgIpc) is 2.83. The maximum absolute atomic E-state index is 13.3. The molecular formula is C28H20N2O4. The molecular weight excluding hydrogens is 428 g/mol. The number of hydrogen-bond donors (Lipinski definition) is 0. The first kappa shape index (κ1) is 19.4. The monoisotopic (exact) mass is 448 g/mol. The second kappa shape index (κ2) is 6.73. The van der Waals surface area contributed by atoms with Gasteiger partial charge in [0.05, 0.1) is 33.6 Å². The van der Waals surface area contributed by atoms with Gasteiger partial charge in [-0.25, -0.2) is 9.97 Å². The van der Waals surface area contributed by atoms with Gasteiger partial charge in [-0.2, -0.15) is 0 Å². The second-order valence-corrected chi connectivity index (χ2v) is 9.36. The van der Waals surface area contributed by atoms with Crippen LogP contribution < -0.4 is 10.2 Å². The minimum Gasteiger partial charge on any atom is -0.468 e. The number of ketones is 1. The van der Waals surface area contributed by atoms with Crippen LogP contribution in [0.25, 0.3) is 33.3 Å². The predicted octanol–water partition coefficient (Wildman–Crippen LogP) is 4.89. The summed E-state index contributed by atoms with van der Waals surface area (Å²) in [5.74, 6) is 0.0450. The molecule has 0 bridgehead atoms. The van der Waals surface area contributed by atoms with Crippen molar-refractivity contribution in [2.75, 3.05) is 0 Å². The third-order valence-electron chi connectivity index (χ3n) is 7.01. The predicted molar refractivity (Wildman–Crippen MR) is 128 cm³/mol. The lowest BCUT2D eigenvalue weighted by molar-refractivity contribution is 0.0795. The van der Waals surface area contributed by atoms with E-state index in [0.29, 0.717) is 52.0 Å². The van der Waals surface area contributed by atoms with Crippen molar-refractivity contribution in [3.63, 3.8) is 0 Å². The Balaban J connectivity index is 1.43. The zero-order valence-electron chi connectivity index (χ0n) is 18.7. The van der Waals surface area contributed by atoms with Crippen LogP contribution in [0.5, 0.6) is 5.88 Å². The number of carbonyl (C=O) groups excluding carboxylic acids is 1. The highest BCUT2D eigenvalue weighted by molar-refractivity contribution is 6.04. The molecule has 3 aromatic heterocycles. The maximum Gasteiger partial charge on any atom is 0.231 e. The molecule has 3 aliphatic rings. The second-order valence-electron chi connectivity index (χ2n) is 9.36. The lowest BCUT2D eigenvalue weighted by atomic mass is 9.83. The minimum atomic E-state index is -0.349. The van der Waals surface area contributed by atoms with Crippen LogP contribution in [0.3, 0.4) is 0 Å². The molecule has 0 radical (unpaired) electrons. The van der Waals surface area contributed by atoms with Crippen molar-refractivity contribution in [3.8, 4) is 17.1 Å². The van der Waals surface area contributed by atoms with Crippen molar-refractivity contribution in [2.24, 2.45) is 5.92 Å². The summed E-state index contributed by atoms with van der Waals surface area (Å²) in [6.45, 7) is 3.93. The number of nitrogens with zero attached hydrogens (tertiary/aromatic N) is 2. The Morgan fingerprint density at radius 2 is 1.85 bits per heavy atom. The largest absolute Gasteiger partial charge is 0.468 e. The molecule has 0 saturated heterocycles. The number of fused-ring (bicyclic) bond motifs is 7. The molecule has 0 spiro atoms. The van der Waals surface area contributed by atoms with Crippen molar-refractivity contribution in [3.05, 3.63) is 86.7 Å². The highest BCUT2D eigenvalue weighted by atomic mass is 16.5. The van der Waals surface area contributed by atoms with E-state index in [0.717, 1.165) is 28.0 Å². The van der Waals surface area contributed by atoms with Gasteiger partial charge in [-0.1, -0.05) is 29.4 Å². The fraction of sp³-hybridized carbons (Fsp3) is 0.214. The first-order valence-corrected chi connectivity index (χ1v) is 11.4. The number of pyridine rings is 2. The Hall–Kier alpha value is -4.06. The molecule has 4 heterocycles. The lowest BCUT2D eigenvalue weighted by Crippen LogP contribution is -2.37. The van der Waals surface area contributed by atoms with Crippen LogP contribution >= 0.6 is 0 Å². The lowest BCUT2D eigenvalue weighted by Gasteiger charge is -2.31. The van der Waals surface area contributed by atoms with Crippen LogP contribution in [0.1, 0.15) is 34.1 Å². The first-order valence-electron chi connectivity index (χ1n) is 11.4. The molecule has 0 N–H and O–H groups in total. The highest BCUT2D eigenvalue weighted by Gasteiger charge is 2.38.